The number of hydrogen-bond donors (Lipinski definition) is 0. The molecule has 0 fully saturated rings. The Morgan fingerprint density at radius 2 is 1.11 bits per heavy atom. The SMILES string of the molecule is C.C.C.[CH2-]CC.[K+].[K].[V]. The molecule has 0 heterocycles. The van der Waals surface area contributed by atoms with E-state index in [4.69, 9.17) is 0 Å². The summed E-state index contributed by atoms with van der Waals surface area (Å²) in [5.74, 6) is 0. The Hall–Kier alpha value is 3.86. The quantitative estimate of drug-likeness (QED) is 0.390. The summed E-state index contributed by atoms with van der Waals surface area (Å²) in [5, 5.41) is 0. The molecule has 0 saturated heterocycles. The van der Waals surface area contributed by atoms with Crippen LogP contribution in [0.2, 0.25) is 0 Å². The van der Waals surface area contributed by atoms with Gasteiger partial charge in [-0.05, 0) is 0 Å². The molecule has 9 heavy (non-hydrogen) atoms. The molecule has 0 aromatic carbocycles. The Morgan fingerprint density at radius 3 is 1.11 bits per heavy atom. The molecule has 0 atom stereocenters. The predicted octanol–water partition coefficient (Wildman–Crippen LogP) is -0.241. The van der Waals surface area contributed by atoms with Gasteiger partial charge in [-0.15, -0.1) is 0 Å². The standard InChI is InChI=1S/C3H7.3CH4.2K.V/c1-3-2;;;;;;/h1,3H2,2H3;3*1H4;;;/q-1;;;;;+1;. The van der Waals surface area contributed by atoms with Crippen molar-refractivity contribution in [2.45, 2.75) is 35.6 Å². The molecule has 0 nitrogen and oxygen atoms in total. The van der Waals surface area contributed by atoms with Crippen LogP contribution in [0.4, 0.5) is 0 Å². The van der Waals surface area contributed by atoms with Crippen molar-refractivity contribution in [3.8, 4) is 0 Å². The predicted molar refractivity (Wildman–Crippen MR) is 41.6 cm³/mol. The van der Waals surface area contributed by atoms with Gasteiger partial charge in [0.1, 0.15) is 0 Å². The van der Waals surface area contributed by atoms with E-state index in [0.29, 0.717) is 0 Å². The maximum absolute atomic E-state index is 3.49. The van der Waals surface area contributed by atoms with Crippen LogP contribution >= 0.6 is 0 Å². The first-order valence-corrected chi connectivity index (χ1v) is 1.21. The van der Waals surface area contributed by atoms with Crippen molar-refractivity contribution in [1.82, 2.24) is 0 Å². The molecule has 50 valence electrons. The number of rotatable bonds is 0. The van der Waals surface area contributed by atoms with Gasteiger partial charge in [0.05, 0.1) is 0 Å². The molecule has 0 aromatic rings. The Kier molecular flexibility index (Phi) is 347. The molecule has 0 unspecified atom stereocenters. The smallest absolute Gasteiger partial charge is 0.344 e. The summed E-state index contributed by atoms with van der Waals surface area (Å²) in [6.07, 6.45) is 1.00. The van der Waals surface area contributed by atoms with Crippen molar-refractivity contribution in [2.75, 3.05) is 0 Å². The second-order valence-corrected chi connectivity index (χ2v) is 0.500. The van der Waals surface area contributed by atoms with Gasteiger partial charge in [0.15, 0.2) is 0 Å². The van der Waals surface area contributed by atoms with Crippen molar-refractivity contribution in [3.63, 3.8) is 0 Å². The summed E-state index contributed by atoms with van der Waals surface area (Å²) in [6.45, 7) is 5.50. The minimum absolute atomic E-state index is 0. The van der Waals surface area contributed by atoms with Gasteiger partial charge < -0.3 is 6.92 Å². The molecular formula is C6H19K2V. The summed E-state index contributed by atoms with van der Waals surface area (Å²) in [4.78, 5) is 0. The summed E-state index contributed by atoms with van der Waals surface area (Å²) in [6, 6.07) is 0. The molecule has 0 aliphatic heterocycles. The summed E-state index contributed by atoms with van der Waals surface area (Å²) >= 11 is 0. The van der Waals surface area contributed by atoms with Gasteiger partial charge in [-0.1, -0.05) is 29.2 Å². The van der Waals surface area contributed by atoms with Crippen LogP contribution in [0, 0.1) is 6.92 Å². The molecule has 0 rings (SSSR count). The monoisotopic (exact) mass is 220 g/mol. The molecule has 0 aromatic heterocycles. The van der Waals surface area contributed by atoms with Gasteiger partial charge in [-0.25, -0.2) is 0 Å². The average Bonchev–Trinajstić information content (AvgIpc) is 0.918. The summed E-state index contributed by atoms with van der Waals surface area (Å²) in [7, 11) is 0. The van der Waals surface area contributed by atoms with Crippen molar-refractivity contribution in [3.05, 3.63) is 6.92 Å². The zero-order chi connectivity index (χ0) is 2.71. The molecular weight excluding hydrogens is 201 g/mol. The van der Waals surface area contributed by atoms with E-state index in [0.717, 1.165) is 6.42 Å². The van der Waals surface area contributed by atoms with Crippen molar-refractivity contribution >= 4 is 51.4 Å². The number of hydrogen-bond acceptors (Lipinski definition) is 0. The Balaban J connectivity index is -0.00000000133. The second-order valence-electron chi connectivity index (χ2n) is 0.500. The third-order valence-corrected chi connectivity index (χ3v) is 0. The van der Waals surface area contributed by atoms with E-state index < -0.39 is 0 Å². The zero-order valence-corrected chi connectivity index (χ0v) is 12.5. The second kappa shape index (κ2) is 59.2. The van der Waals surface area contributed by atoms with E-state index in [1.54, 1.807) is 0 Å². The molecule has 0 spiro atoms. The van der Waals surface area contributed by atoms with E-state index in [2.05, 4.69) is 6.92 Å². The topological polar surface area (TPSA) is 0 Å². The Bertz CT molecular complexity index is 11.0. The van der Waals surface area contributed by atoms with Gasteiger partial charge in [-0.2, -0.15) is 6.42 Å². The molecule has 0 N–H and O–H groups in total. The van der Waals surface area contributed by atoms with Gasteiger partial charge >= 0.3 is 51.4 Å². The maximum Gasteiger partial charge on any atom is 1.00 e. The van der Waals surface area contributed by atoms with Gasteiger partial charge in [0.25, 0.3) is 0 Å². The van der Waals surface area contributed by atoms with Crippen molar-refractivity contribution in [1.29, 1.82) is 0 Å². The Morgan fingerprint density at radius 1 is 1.11 bits per heavy atom. The van der Waals surface area contributed by atoms with Crippen molar-refractivity contribution in [2.24, 2.45) is 0 Å². The average molecular weight is 220 g/mol. The van der Waals surface area contributed by atoms with Crippen LogP contribution in [0.1, 0.15) is 35.6 Å². The van der Waals surface area contributed by atoms with Crippen LogP contribution in [-0.2, 0) is 18.6 Å². The first-order valence-electron chi connectivity index (χ1n) is 1.21. The largest absolute Gasteiger partial charge is 1.00 e. The van der Waals surface area contributed by atoms with E-state index in [1.165, 1.54) is 0 Å². The van der Waals surface area contributed by atoms with E-state index in [-0.39, 0.29) is 144 Å². The fourth-order valence-corrected chi connectivity index (χ4v) is 0. The normalized spacial score (nSPS) is 2.00. The van der Waals surface area contributed by atoms with Gasteiger partial charge in [-0.3, -0.25) is 0 Å². The van der Waals surface area contributed by atoms with E-state index in [9.17, 15) is 0 Å². The molecule has 2 radical (unpaired) electrons. The molecule has 0 saturated carbocycles. The van der Waals surface area contributed by atoms with Crippen LogP contribution in [0.5, 0.6) is 0 Å². The third kappa shape index (κ3) is 77.4. The molecule has 0 bridgehead atoms. The zero-order valence-electron chi connectivity index (χ0n) is 4.86. The van der Waals surface area contributed by atoms with Crippen LogP contribution in [0.15, 0.2) is 0 Å². The third-order valence-electron chi connectivity index (χ3n) is 0. The van der Waals surface area contributed by atoms with E-state index >= 15 is 0 Å². The minimum Gasteiger partial charge on any atom is -0.344 e. The van der Waals surface area contributed by atoms with E-state index in [1.807, 2.05) is 6.92 Å². The minimum atomic E-state index is 0. The maximum atomic E-state index is 3.49. The van der Waals surface area contributed by atoms with Crippen LogP contribution in [-0.4, -0.2) is 51.4 Å². The molecule has 3 heteroatoms. The Labute approximate surface area is 159 Å². The first-order chi connectivity index (χ1) is 1.41. The summed E-state index contributed by atoms with van der Waals surface area (Å²) < 4.78 is 0. The van der Waals surface area contributed by atoms with Gasteiger partial charge in [0.2, 0.25) is 0 Å². The fourth-order valence-electron chi connectivity index (χ4n) is 0. The van der Waals surface area contributed by atoms with Crippen LogP contribution in [0.25, 0.3) is 0 Å². The molecule has 0 amide bonds. The first kappa shape index (κ1) is 52.7. The van der Waals surface area contributed by atoms with Crippen LogP contribution < -0.4 is 51.4 Å². The van der Waals surface area contributed by atoms with Crippen molar-refractivity contribution < 1.29 is 69.9 Å². The summed E-state index contributed by atoms with van der Waals surface area (Å²) in [5.41, 5.74) is 0. The van der Waals surface area contributed by atoms with Crippen LogP contribution in [0.3, 0.4) is 0 Å². The molecule has 0 aliphatic rings. The molecule has 0 aliphatic carbocycles. The fraction of sp³-hybridized carbons (Fsp3) is 0.833. The van der Waals surface area contributed by atoms with Gasteiger partial charge in [0, 0.05) is 69.9 Å².